The summed E-state index contributed by atoms with van der Waals surface area (Å²) in [5.41, 5.74) is 0.258. The van der Waals surface area contributed by atoms with Crippen molar-refractivity contribution < 1.29 is 4.74 Å². The summed E-state index contributed by atoms with van der Waals surface area (Å²) in [6, 6.07) is 11.1. The third-order valence-electron chi connectivity index (χ3n) is 1.95. The van der Waals surface area contributed by atoms with Crippen LogP contribution in [0.1, 0.15) is 5.69 Å². The predicted molar refractivity (Wildman–Crippen MR) is 70.9 cm³/mol. The summed E-state index contributed by atoms with van der Waals surface area (Å²) in [6.07, 6.45) is 1.56. The third kappa shape index (κ3) is 3.05. The molecule has 1 aromatic carbocycles. The second-order valence-corrected chi connectivity index (χ2v) is 5.00. The first-order chi connectivity index (χ1) is 8.19. The normalized spacial score (nSPS) is 9.71. The van der Waals surface area contributed by atoms with Gasteiger partial charge in [0.05, 0.1) is 0 Å². The van der Waals surface area contributed by atoms with Crippen molar-refractivity contribution in [2.45, 2.75) is 0 Å². The highest BCUT2D eigenvalue weighted by Crippen LogP contribution is 2.28. The zero-order valence-corrected chi connectivity index (χ0v) is 11.7. The summed E-state index contributed by atoms with van der Waals surface area (Å²) >= 11 is 6.65. The first kappa shape index (κ1) is 12.1. The quantitative estimate of drug-likeness (QED) is 0.809. The molecule has 0 fully saturated rings. The number of ether oxygens (including phenoxy) is 1. The van der Waals surface area contributed by atoms with Crippen LogP contribution in [-0.2, 0) is 0 Å². The molecular weight excluding hydrogens is 348 g/mol. The molecule has 0 saturated heterocycles. The molecule has 17 heavy (non-hydrogen) atoms. The summed E-state index contributed by atoms with van der Waals surface area (Å²) in [5, 5.41) is 8.92. The number of rotatable bonds is 2. The summed E-state index contributed by atoms with van der Waals surface area (Å²) in [4.78, 5) is 3.97. The lowest BCUT2D eigenvalue weighted by atomic mass is 10.3. The van der Waals surface area contributed by atoms with Crippen molar-refractivity contribution in [3.05, 3.63) is 51.2 Å². The van der Waals surface area contributed by atoms with Crippen LogP contribution < -0.4 is 4.74 Å². The molecule has 0 spiro atoms. The van der Waals surface area contributed by atoms with Gasteiger partial charge in [0.25, 0.3) is 0 Å². The Morgan fingerprint density at radius 3 is 2.71 bits per heavy atom. The van der Waals surface area contributed by atoms with E-state index >= 15 is 0 Å². The third-order valence-corrected chi connectivity index (χ3v) is 2.88. The highest BCUT2D eigenvalue weighted by atomic mass is 79.9. The van der Waals surface area contributed by atoms with Crippen LogP contribution in [0.3, 0.4) is 0 Å². The first-order valence-corrected chi connectivity index (χ1v) is 6.27. The number of benzene rings is 1. The first-order valence-electron chi connectivity index (χ1n) is 4.68. The molecule has 84 valence electrons. The van der Waals surface area contributed by atoms with E-state index in [-0.39, 0.29) is 5.69 Å². The summed E-state index contributed by atoms with van der Waals surface area (Å²) in [6.45, 7) is 0. The van der Waals surface area contributed by atoms with Crippen LogP contribution in [0.5, 0.6) is 11.5 Å². The SMILES string of the molecule is N#Cc1ncc(Br)cc1Oc1cccc(Br)c1. The van der Waals surface area contributed by atoms with Gasteiger partial charge in [0.1, 0.15) is 11.8 Å². The fourth-order valence-electron chi connectivity index (χ4n) is 1.24. The Hall–Kier alpha value is -1.38. The zero-order chi connectivity index (χ0) is 12.3. The summed E-state index contributed by atoms with van der Waals surface area (Å²) in [7, 11) is 0. The fraction of sp³-hybridized carbons (Fsp3) is 0. The minimum Gasteiger partial charge on any atom is -0.454 e. The van der Waals surface area contributed by atoms with Crippen LogP contribution >= 0.6 is 31.9 Å². The minimum absolute atomic E-state index is 0.258. The van der Waals surface area contributed by atoms with Crippen LogP contribution in [0.25, 0.3) is 0 Å². The van der Waals surface area contributed by atoms with Gasteiger partial charge in [-0.15, -0.1) is 0 Å². The molecule has 2 rings (SSSR count). The lowest BCUT2D eigenvalue weighted by Crippen LogP contribution is -1.91. The molecule has 0 N–H and O–H groups in total. The molecule has 1 aromatic heterocycles. The van der Waals surface area contributed by atoms with E-state index < -0.39 is 0 Å². The highest BCUT2D eigenvalue weighted by molar-refractivity contribution is 9.10. The van der Waals surface area contributed by atoms with E-state index in [1.54, 1.807) is 12.3 Å². The maximum atomic E-state index is 8.92. The Kier molecular flexibility index (Phi) is 3.77. The molecule has 1 heterocycles. The average molecular weight is 354 g/mol. The molecule has 5 heteroatoms. The van der Waals surface area contributed by atoms with Crippen molar-refractivity contribution in [3.8, 4) is 17.6 Å². The Labute approximate surface area is 115 Å². The van der Waals surface area contributed by atoms with Gasteiger partial charge in [-0.3, -0.25) is 0 Å². The number of halogens is 2. The van der Waals surface area contributed by atoms with Crippen LogP contribution in [-0.4, -0.2) is 4.98 Å². The van der Waals surface area contributed by atoms with E-state index in [0.717, 1.165) is 8.95 Å². The largest absolute Gasteiger partial charge is 0.454 e. The topological polar surface area (TPSA) is 45.9 Å². The fourth-order valence-corrected chi connectivity index (χ4v) is 1.93. The van der Waals surface area contributed by atoms with Gasteiger partial charge in [0.15, 0.2) is 11.4 Å². The maximum Gasteiger partial charge on any atom is 0.183 e. The second kappa shape index (κ2) is 5.30. The van der Waals surface area contributed by atoms with Crippen molar-refractivity contribution in [1.82, 2.24) is 4.98 Å². The van der Waals surface area contributed by atoms with Crippen molar-refractivity contribution in [3.63, 3.8) is 0 Å². The van der Waals surface area contributed by atoms with Crippen LogP contribution in [0.15, 0.2) is 45.5 Å². The van der Waals surface area contributed by atoms with Gasteiger partial charge < -0.3 is 4.74 Å². The molecule has 3 nitrogen and oxygen atoms in total. The van der Waals surface area contributed by atoms with E-state index in [1.807, 2.05) is 30.3 Å². The smallest absolute Gasteiger partial charge is 0.183 e. The predicted octanol–water partition coefficient (Wildman–Crippen LogP) is 4.27. The Balaban J connectivity index is 2.36. The minimum atomic E-state index is 0.258. The molecule has 0 aliphatic rings. The summed E-state index contributed by atoms with van der Waals surface area (Å²) in [5.74, 6) is 1.08. The van der Waals surface area contributed by atoms with Crippen LogP contribution in [0.2, 0.25) is 0 Å². The molecule has 0 bridgehead atoms. The molecule has 0 radical (unpaired) electrons. The number of nitriles is 1. The maximum absolute atomic E-state index is 8.92. The number of hydrogen-bond donors (Lipinski definition) is 0. The molecule has 0 amide bonds. The van der Waals surface area contributed by atoms with E-state index in [4.69, 9.17) is 10.00 Å². The van der Waals surface area contributed by atoms with Crippen molar-refractivity contribution in [2.24, 2.45) is 0 Å². The number of nitrogens with zero attached hydrogens (tertiary/aromatic N) is 2. The van der Waals surface area contributed by atoms with Gasteiger partial charge in [-0.1, -0.05) is 22.0 Å². The standard InChI is InChI=1S/C12H6Br2N2O/c13-8-2-1-3-10(4-8)17-12-5-9(14)7-16-11(12)6-15/h1-5,7H. The van der Waals surface area contributed by atoms with Crippen molar-refractivity contribution in [1.29, 1.82) is 5.26 Å². The molecule has 0 saturated carbocycles. The van der Waals surface area contributed by atoms with Gasteiger partial charge in [-0.25, -0.2) is 4.98 Å². The number of pyridine rings is 1. The average Bonchev–Trinajstić information content (AvgIpc) is 2.29. The Morgan fingerprint density at radius 2 is 2.00 bits per heavy atom. The van der Waals surface area contributed by atoms with E-state index in [9.17, 15) is 0 Å². The molecule has 0 aliphatic heterocycles. The van der Waals surface area contributed by atoms with E-state index in [0.29, 0.717) is 11.5 Å². The van der Waals surface area contributed by atoms with Crippen molar-refractivity contribution in [2.75, 3.05) is 0 Å². The van der Waals surface area contributed by atoms with Crippen molar-refractivity contribution >= 4 is 31.9 Å². The van der Waals surface area contributed by atoms with Gasteiger partial charge in [-0.05, 0) is 40.2 Å². The van der Waals surface area contributed by atoms with Gasteiger partial charge in [0.2, 0.25) is 0 Å². The van der Waals surface area contributed by atoms with Gasteiger partial charge >= 0.3 is 0 Å². The van der Waals surface area contributed by atoms with Crippen LogP contribution in [0, 0.1) is 11.3 Å². The Morgan fingerprint density at radius 1 is 1.18 bits per heavy atom. The van der Waals surface area contributed by atoms with E-state index in [1.165, 1.54) is 0 Å². The number of hydrogen-bond acceptors (Lipinski definition) is 3. The molecule has 0 aliphatic carbocycles. The van der Waals surface area contributed by atoms with Gasteiger partial charge in [-0.2, -0.15) is 5.26 Å². The summed E-state index contributed by atoms with van der Waals surface area (Å²) < 4.78 is 7.30. The van der Waals surface area contributed by atoms with Gasteiger partial charge in [0, 0.05) is 15.1 Å². The molecular formula is C12H6Br2N2O. The number of aromatic nitrogens is 1. The van der Waals surface area contributed by atoms with Crippen LogP contribution in [0.4, 0.5) is 0 Å². The lowest BCUT2D eigenvalue weighted by molar-refractivity contribution is 0.477. The van der Waals surface area contributed by atoms with E-state index in [2.05, 4.69) is 36.8 Å². The monoisotopic (exact) mass is 352 g/mol. The zero-order valence-electron chi connectivity index (χ0n) is 8.52. The molecule has 2 aromatic rings. The second-order valence-electron chi connectivity index (χ2n) is 3.17. The lowest BCUT2D eigenvalue weighted by Gasteiger charge is -2.07. The Bertz CT molecular complexity index is 593. The highest BCUT2D eigenvalue weighted by Gasteiger charge is 2.07. The molecule has 0 atom stereocenters. The molecule has 0 unspecified atom stereocenters.